The fraction of sp³-hybridized carbons (Fsp3) is 0.114. The van der Waals surface area contributed by atoms with Gasteiger partial charge in [0.2, 0.25) is 0 Å². The minimum Gasteiger partial charge on any atom is -0.488 e. The number of hydrogen-bond donors (Lipinski definition) is 0. The van der Waals surface area contributed by atoms with Gasteiger partial charge in [-0.05, 0) is 66.6 Å². The molecule has 1 atom stereocenters. The van der Waals surface area contributed by atoms with Crippen LogP contribution in [0.3, 0.4) is 0 Å². The Bertz CT molecular complexity index is 2160. The molecule has 6 nitrogen and oxygen atoms in total. The first-order chi connectivity index (χ1) is 22.2. The van der Waals surface area contributed by atoms with Crippen molar-refractivity contribution in [3.8, 4) is 5.75 Å². The molecule has 0 N–H and O–H groups in total. The molecule has 6 rings (SSSR count). The van der Waals surface area contributed by atoms with E-state index in [4.69, 9.17) is 49.3 Å². The van der Waals surface area contributed by atoms with Gasteiger partial charge in [0.15, 0.2) is 4.80 Å². The highest BCUT2D eigenvalue weighted by Crippen LogP contribution is 2.35. The highest BCUT2D eigenvalue weighted by molar-refractivity contribution is 7.07. The molecule has 1 aliphatic rings. The Hall–Kier alpha value is -4.21. The van der Waals surface area contributed by atoms with Crippen LogP contribution >= 0.6 is 46.1 Å². The Kier molecular flexibility index (Phi) is 9.42. The van der Waals surface area contributed by atoms with E-state index in [1.165, 1.54) is 16.7 Å². The van der Waals surface area contributed by atoms with Crippen molar-refractivity contribution in [2.45, 2.75) is 19.6 Å². The van der Waals surface area contributed by atoms with E-state index in [2.05, 4.69) is 0 Å². The third-order valence-electron chi connectivity index (χ3n) is 7.20. The van der Waals surface area contributed by atoms with Crippen LogP contribution in [0.4, 0.5) is 4.39 Å². The summed E-state index contributed by atoms with van der Waals surface area (Å²) in [6.07, 6.45) is 1.68. The predicted molar refractivity (Wildman–Crippen MR) is 180 cm³/mol. The number of carbonyl (C=O) groups excluding carboxylic acids is 1. The van der Waals surface area contributed by atoms with Crippen molar-refractivity contribution in [1.82, 2.24) is 4.57 Å². The first-order valence-corrected chi connectivity index (χ1v) is 16.1. The average Bonchev–Trinajstić information content (AvgIpc) is 3.36. The van der Waals surface area contributed by atoms with Gasteiger partial charge in [-0.25, -0.2) is 14.2 Å². The number of ether oxygens (including phenoxy) is 2. The molecule has 0 spiro atoms. The smallest absolute Gasteiger partial charge is 0.338 e. The van der Waals surface area contributed by atoms with Crippen molar-refractivity contribution >= 4 is 63.9 Å². The van der Waals surface area contributed by atoms with Crippen molar-refractivity contribution in [3.63, 3.8) is 0 Å². The van der Waals surface area contributed by atoms with Crippen LogP contribution in [0.15, 0.2) is 106 Å². The van der Waals surface area contributed by atoms with Gasteiger partial charge < -0.3 is 9.47 Å². The largest absolute Gasteiger partial charge is 0.488 e. The molecule has 1 aromatic heterocycles. The van der Waals surface area contributed by atoms with E-state index < -0.39 is 23.4 Å². The van der Waals surface area contributed by atoms with Crippen molar-refractivity contribution in [2.75, 3.05) is 6.61 Å². The van der Waals surface area contributed by atoms with E-state index in [9.17, 15) is 14.0 Å². The quantitative estimate of drug-likeness (QED) is 0.157. The zero-order valence-electron chi connectivity index (χ0n) is 24.2. The van der Waals surface area contributed by atoms with Gasteiger partial charge in [0.25, 0.3) is 5.56 Å². The number of thiazole rings is 1. The van der Waals surface area contributed by atoms with Crippen LogP contribution in [0.1, 0.15) is 35.2 Å². The molecule has 0 amide bonds. The number of halogens is 4. The molecule has 0 fully saturated rings. The van der Waals surface area contributed by atoms with Crippen LogP contribution in [-0.4, -0.2) is 17.1 Å². The van der Waals surface area contributed by atoms with Crippen molar-refractivity contribution in [2.24, 2.45) is 4.99 Å². The third-order valence-corrected chi connectivity index (χ3v) is 9.15. The van der Waals surface area contributed by atoms with Gasteiger partial charge in [0, 0.05) is 16.1 Å². The zero-order chi connectivity index (χ0) is 32.4. The summed E-state index contributed by atoms with van der Waals surface area (Å²) < 4.78 is 27.4. The summed E-state index contributed by atoms with van der Waals surface area (Å²) in [6.45, 7) is 2.01. The molecule has 4 aromatic carbocycles. The molecule has 5 aromatic rings. The predicted octanol–water partition coefficient (Wildman–Crippen LogP) is 7.61. The van der Waals surface area contributed by atoms with E-state index in [1.54, 1.807) is 55.5 Å². The Morgan fingerprint density at radius 1 is 0.978 bits per heavy atom. The van der Waals surface area contributed by atoms with E-state index in [0.29, 0.717) is 52.5 Å². The molecule has 232 valence electrons. The Balaban J connectivity index is 1.52. The summed E-state index contributed by atoms with van der Waals surface area (Å²) in [5, 5.41) is 1.29. The van der Waals surface area contributed by atoms with Crippen LogP contribution in [-0.2, 0) is 16.1 Å². The summed E-state index contributed by atoms with van der Waals surface area (Å²) in [5.41, 5.74) is 2.69. The molecule has 0 aliphatic carbocycles. The van der Waals surface area contributed by atoms with Crippen molar-refractivity contribution < 1.29 is 18.7 Å². The summed E-state index contributed by atoms with van der Waals surface area (Å²) in [6, 6.07) is 24.3. The second-order valence-corrected chi connectivity index (χ2v) is 12.5. The number of rotatable bonds is 8. The summed E-state index contributed by atoms with van der Waals surface area (Å²) in [4.78, 5) is 33.0. The highest BCUT2D eigenvalue weighted by atomic mass is 35.5. The van der Waals surface area contributed by atoms with Crippen LogP contribution in [0, 0.1) is 5.82 Å². The maximum Gasteiger partial charge on any atom is 0.338 e. The molecule has 0 saturated carbocycles. The second kappa shape index (κ2) is 13.6. The maximum atomic E-state index is 14.2. The van der Waals surface area contributed by atoms with E-state index in [-0.39, 0.29) is 18.8 Å². The highest BCUT2D eigenvalue weighted by Gasteiger charge is 2.35. The fourth-order valence-electron chi connectivity index (χ4n) is 5.10. The minimum absolute atomic E-state index is 0.116. The average molecular weight is 694 g/mol. The van der Waals surface area contributed by atoms with Gasteiger partial charge in [0.1, 0.15) is 18.2 Å². The first-order valence-electron chi connectivity index (χ1n) is 14.1. The van der Waals surface area contributed by atoms with Gasteiger partial charge in [0.05, 0.1) is 38.5 Å². The maximum absolute atomic E-state index is 14.2. The number of benzene rings is 4. The number of nitrogens with zero attached hydrogens (tertiary/aromatic N) is 2. The summed E-state index contributed by atoms with van der Waals surface area (Å²) in [5.74, 6) is -0.592. The second-order valence-electron chi connectivity index (χ2n) is 10.2. The zero-order valence-corrected chi connectivity index (χ0v) is 27.3. The molecule has 2 heterocycles. The van der Waals surface area contributed by atoms with Crippen LogP contribution in [0.2, 0.25) is 15.1 Å². The van der Waals surface area contributed by atoms with Gasteiger partial charge in [-0.15, -0.1) is 0 Å². The summed E-state index contributed by atoms with van der Waals surface area (Å²) in [7, 11) is 0. The number of esters is 1. The monoisotopic (exact) mass is 692 g/mol. The Morgan fingerprint density at radius 3 is 2.46 bits per heavy atom. The lowest BCUT2D eigenvalue weighted by Gasteiger charge is -2.25. The van der Waals surface area contributed by atoms with Crippen LogP contribution in [0.5, 0.6) is 5.75 Å². The molecular formula is C35H24Cl3FN2O4S. The molecule has 1 aliphatic heterocycles. The van der Waals surface area contributed by atoms with Crippen LogP contribution in [0.25, 0.3) is 11.8 Å². The molecule has 11 heteroatoms. The lowest BCUT2D eigenvalue weighted by Crippen LogP contribution is -2.40. The normalized spacial score (nSPS) is 14.5. The standard InChI is InChI=1S/C35H24Cl3FN2O4S/c1-2-44-34(43)30-31(21-6-4-3-5-7-21)40-35-41(32(30)22-9-12-25(39)13-10-22)33(42)29(46-35)18-23-17-24(36)11-15-28(23)45-19-20-8-14-26(37)27(38)16-20/h3-18,32H,2,19H2,1H3/b29-18-/t32-/m1/s1. The molecule has 46 heavy (non-hydrogen) atoms. The summed E-state index contributed by atoms with van der Waals surface area (Å²) >= 11 is 19.8. The number of aromatic nitrogens is 1. The fourth-order valence-corrected chi connectivity index (χ4v) is 6.59. The van der Waals surface area contributed by atoms with Crippen molar-refractivity contribution in [1.29, 1.82) is 0 Å². The third kappa shape index (κ3) is 6.52. The van der Waals surface area contributed by atoms with E-state index in [1.807, 2.05) is 36.4 Å². The molecule has 0 saturated heterocycles. The van der Waals surface area contributed by atoms with Crippen molar-refractivity contribution in [3.05, 3.63) is 159 Å². The lowest BCUT2D eigenvalue weighted by molar-refractivity contribution is -0.138. The molecular weight excluding hydrogens is 670 g/mol. The van der Waals surface area contributed by atoms with Gasteiger partial charge in [-0.1, -0.05) is 94.7 Å². The van der Waals surface area contributed by atoms with Gasteiger partial charge in [-0.2, -0.15) is 0 Å². The SMILES string of the molecule is CCOC(=O)C1=C(c2ccccc2)N=c2s/c(=C\c3cc(Cl)ccc3OCc3ccc(Cl)c(Cl)c3)c(=O)n2[C@@H]1c1ccc(F)cc1. The Labute approximate surface area is 282 Å². The first kappa shape index (κ1) is 31.8. The minimum atomic E-state index is -0.932. The number of fused-ring (bicyclic) bond motifs is 1. The lowest BCUT2D eigenvalue weighted by atomic mass is 9.93. The molecule has 0 radical (unpaired) electrons. The van der Waals surface area contributed by atoms with E-state index in [0.717, 1.165) is 16.9 Å². The topological polar surface area (TPSA) is 69.9 Å². The Morgan fingerprint density at radius 2 is 1.74 bits per heavy atom. The van der Waals surface area contributed by atoms with Gasteiger partial charge >= 0.3 is 5.97 Å². The number of hydrogen-bond acceptors (Lipinski definition) is 6. The van der Waals surface area contributed by atoms with E-state index >= 15 is 0 Å². The number of carbonyl (C=O) groups is 1. The molecule has 0 unspecified atom stereocenters. The van der Waals surface area contributed by atoms with Gasteiger partial charge in [-0.3, -0.25) is 9.36 Å². The van der Waals surface area contributed by atoms with Crippen LogP contribution < -0.4 is 19.6 Å². The molecule has 0 bridgehead atoms.